The molecule has 15 atom stereocenters. The van der Waals surface area contributed by atoms with Crippen LogP contribution >= 0.6 is 0 Å². The van der Waals surface area contributed by atoms with Crippen molar-refractivity contribution in [2.24, 2.45) is 0 Å². The van der Waals surface area contributed by atoms with Crippen LogP contribution in [0.25, 0.3) is 0 Å². The van der Waals surface area contributed by atoms with Crippen molar-refractivity contribution in [1.82, 2.24) is 0 Å². The topological polar surface area (TPSA) is 269 Å². The molecule has 3 aliphatic heterocycles. The molecule has 3 fully saturated rings. The lowest BCUT2D eigenvalue weighted by molar-refractivity contribution is -0.264. The first-order chi connectivity index (χ1) is 15.9. The van der Waals surface area contributed by atoms with Crippen molar-refractivity contribution in [3.63, 3.8) is 0 Å². The second kappa shape index (κ2) is 11.6. The Bertz CT molecular complexity index is 589. The van der Waals surface area contributed by atoms with Crippen LogP contribution in [0.2, 0.25) is 0 Å². The highest BCUT2D eigenvalue weighted by Crippen LogP contribution is 2.26. The molecule has 3 saturated heterocycles. The van der Waals surface area contributed by atoms with E-state index in [-0.39, 0.29) is 0 Å². The van der Waals surface area contributed by atoms with E-state index in [1.807, 2.05) is 0 Å². The normalized spacial score (nSPS) is 53.6. The third-order valence-corrected chi connectivity index (χ3v) is 6.01. The molecule has 16 nitrogen and oxygen atoms in total. The molecular weight excluding hydrogens is 472 g/mol. The minimum Gasteiger partial charge on any atom is -0.388 e. The van der Waals surface area contributed by atoms with Crippen molar-refractivity contribution in [3.05, 3.63) is 0 Å². The number of aliphatic hydroxyl groups excluding tert-OH is 11. The molecule has 11 N–H and O–H groups in total. The van der Waals surface area contributed by atoms with Crippen LogP contribution < -0.4 is 0 Å². The fourth-order valence-corrected chi connectivity index (χ4v) is 3.76. The first-order valence-corrected chi connectivity index (χ1v) is 10.6. The van der Waals surface area contributed by atoms with Gasteiger partial charge in [0.25, 0.3) is 0 Å². The van der Waals surface area contributed by atoms with E-state index in [9.17, 15) is 56.2 Å². The average molecular weight is 504 g/mol. The second-order valence-corrected chi connectivity index (χ2v) is 8.46. The molecule has 0 aromatic carbocycles. The fraction of sp³-hybridized carbons (Fsp3) is 1.00. The molecule has 0 saturated carbocycles. The maximum atomic E-state index is 10.4. The summed E-state index contributed by atoms with van der Waals surface area (Å²) in [6.45, 7) is -1.68. The fourth-order valence-electron chi connectivity index (χ4n) is 3.76. The summed E-state index contributed by atoms with van der Waals surface area (Å²) in [6.07, 6.45) is -26.5. The van der Waals surface area contributed by atoms with Crippen LogP contribution in [0.3, 0.4) is 0 Å². The first kappa shape index (κ1) is 27.9. The van der Waals surface area contributed by atoms with Crippen LogP contribution in [0, 0.1) is 0 Å². The Morgan fingerprint density at radius 1 is 0.412 bits per heavy atom. The molecule has 3 rings (SSSR count). The lowest BCUT2D eigenvalue weighted by atomic mass is 10.0. The molecule has 0 aromatic heterocycles. The molecule has 16 heteroatoms. The Morgan fingerprint density at radius 3 is 1.35 bits per heavy atom. The van der Waals surface area contributed by atoms with Crippen LogP contribution in [-0.2, 0) is 23.7 Å². The van der Waals surface area contributed by atoms with Crippen LogP contribution in [0.1, 0.15) is 0 Å². The molecule has 0 aromatic rings. The van der Waals surface area contributed by atoms with Gasteiger partial charge in [0.1, 0.15) is 73.2 Å². The summed E-state index contributed by atoms with van der Waals surface area (Å²) in [5.41, 5.74) is 0. The van der Waals surface area contributed by atoms with Crippen molar-refractivity contribution in [2.75, 3.05) is 19.8 Å². The van der Waals surface area contributed by atoms with Gasteiger partial charge in [0, 0.05) is 0 Å². The van der Waals surface area contributed by atoms with E-state index in [2.05, 4.69) is 0 Å². The molecule has 3 aliphatic rings. The highest BCUT2D eigenvalue weighted by Gasteiger charge is 2.48. The van der Waals surface area contributed by atoms with Gasteiger partial charge in [-0.3, -0.25) is 0 Å². The largest absolute Gasteiger partial charge is 0.388 e. The van der Waals surface area contributed by atoms with E-state index in [0.29, 0.717) is 0 Å². The Balaban J connectivity index is 1.68. The summed E-state index contributed by atoms with van der Waals surface area (Å²) >= 11 is 0. The molecule has 3 heterocycles. The van der Waals surface area contributed by atoms with Crippen LogP contribution in [0.5, 0.6) is 0 Å². The molecule has 0 aliphatic carbocycles. The Labute approximate surface area is 192 Å². The first-order valence-electron chi connectivity index (χ1n) is 10.6. The van der Waals surface area contributed by atoms with Crippen LogP contribution in [0.15, 0.2) is 0 Å². The van der Waals surface area contributed by atoms with Gasteiger partial charge in [-0.1, -0.05) is 0 Å². The molecule has 0 radical (unpaired) electrons. The summed E-state index contributed by atoms with van der Waals surface area (Å²) in [7, 11) is 0. The monoisotopic (exact) mass is 504 g/mol. The van der Waals surface area contributed by atoms with Gasteiger partial charge in [-0.15, -0.1) is 0 Å². The predicted octanol–water partition coefficient (Wildman–Crippen LogP) is -7.57. The number of rotatable bonds is 4. The van der Waals surface area contributed by atoms with Gasteiger partial charge in [0.2, 0.25) is 0 Å². The number of ether oxygens (including phenoxy) is 5. The molecular formula is C18H32O16. The molecule has 200 valence electrons. The van der Waals surface area contributed by atoms with Crippen LogP contribution in [-0.4, -0.2) is 168 Å². The van der Waals surface area contributed by atoms with E-state index in [1.165, 1.54) is 0 Å². The van der Waals surface area contributed by atoms with Gasteiger partial charge in [-0.2, -0.15) is 0 Å². The Hall–Kier alpha value is -0.640. The SMILES string of the molecule is OC1C(O)[C@H](O)[C@H](O)CO[C@@H]1O[C@@H]1CO[C@H](OC2CO[C@H](O)C(O)C(O)[C@@H]2O)C(O)C(O)[C@@H]1O. The van der Waals surface area contributed by atoms with Gasteiger partial charge >= 0.3 is 0 Å². The minimum atomic E-state index is -1.97. The predicted molar refractivity (Wildman–Crippen MR) is 101 cm³/mol. The van der Waals surface area contributed by atoms with Crippen molar-refractivity contribution in [3.8, 4) is 0 Å². The average Bonchev–Trinajstić information content (AvgIpc) is 3.02. The summed E-state index contributed by atoms with van der Waals surface area (Å²) in [4.78, 5) is 0. The van der Waals surface area contributed by atoms with Gasteiger partial charge < -0.3 is 79.9 Å². The van der Waals surface area contributed by atoms with E-state index < -0.39 is 112 Å². The number of hydrogen-bond acceptors (Lipinski definition) is 16. The summed E-state index contributed by atoms with van der Waals surface area (Å²) in [5, 5.41) is 110. The zero-order valence-electron chi connectivity index (χ0n) is 17.7. The van der Waals surface area contributed by atoms with Gasteiger partial charge in [0.05, 0.1) is 19.8 Å². The zero-order valence-corrected chi connectivity index (χ0v) is 17.7. The highest BCUT2D eigenvalue weighted by molar-refractivity contribution is 4.92. The summed E-state index contributed by atoms with van der Waals surface area (Å²) in [5.74, 6) is 0. The lowest BCUT2D eigenvalue weighted by Gasteiger charge is -2.31. The summed E-state index contributed by atoms with van der Waals surface area (Å²) < 4.78 is 26.1. The number of aliphatic hydroxyl groups is 11. The van der Waals surface area contributed by atoms with Crippen molar-refractivity contribution in [2.45, 2.75) is 92.1 Å². The third-order valence-electron chi connectivity index (χ3n) is 6.01. The van der Waals surface area contributed by atoms with Crippen molar-refractivity contribution < 1.29 is 79.9 Å². The smallest absolute Gasteiger partial charge is 0.186 e. The third kappa shape index (κ3) is 5.84. The maximum Gasteiger partial charge on any atom is 0.186 e. The van der Waals surface area contributed by atoms with E-state index >= 15 is 0 Å². The van der Waals surface area contributed by atoms with Crippen molar-refractivity contribution >= 4 is 0 Å². The molecule has 0 bridgehead atoms. The van der Waals surface area contributed by atoms with E-state index in [1.54, 1.807) is 0 Å². The van der Waals surface area contributed by atoms with Crippen LogP contribution in [0.4, 0.5) is 0 Å². The number of hydrogen-bond donors (Lipinski definition) is 11. The van der Waals surface area contributed by atoms with Crippen molar-refractivity contribution in [1.29, 1.82) is 0 Å². The highest BCUT2D eigenvalue weighted by atomic mass is 16.7. The molecule has 0 amide bonds. The van der Waals surface area contributed by atoms with Gasteiger partial charge in [-0.05, 0) is 0 Å². The second-order valence-electron chi connectivity index (χ2n) is 8.46. The van der Waals surface area contributed by atoms with E-state index in [4.69, 9.17) is 23.7 Å². The van der Waals surface area contributed by atoms with E-state index in [0.717, 1.165) is 0 Å². The molecule has 0 spiro atoms. The Kier molecular flexibility index (Phi) is 9.54. The maximum absolute atomic E-state index is 10.4. The lowest BCUT2D eigenvalue weighted by Crippen LogP contribution is -2.52. The van der Waals surface area contributed by atoms with Gasteiger partial charge in [0.15, 0.2) is 18.9 Å². The Morgan fingerprint density at radius 2 is 0.824 bits per heavy atom. The quantitative estimate of drug-likeness (QED) is 0.170. The minimum absolute atomic E-state index is 0.542. The summed E-state index contributed by atoms with van der Waals surface area (Å²) in [6, 6.07) is 0. The van der Waals surface area contributed by atoms with Gasteiger partial charge in [-0.25, -0.2) is 0 Å². The zero-order chi connectivity index (χ0) is 25.3. The standard InChI is InChI=1S/C18H32O16/c19-4-1-31-17(14(27)10(23)7(4)20)34-6-3-32-18(15(28)12(25)9(6)22)33-5-2-30-16(29)13(26)11(24)8(5)21/h4-29H,1-3H2/t4-,5?,6-,7-,8-,9-,10?,11?,12?,13?,14?,15?,16+,17-,18-/m1/s1. The molecule has 7 unspecified atom stereocenters. The molecule has 34 heavy (non-hydrogen) atoms.